The zero-order valence-electron chi connectivity index (χ0n) is 13.1. The molecule has 0 aliphatic carbocycles. The summed E-state index contributed by atoms with van der Waals surface area (Å²) < 4.78 is 0. The second kappa shape index (κ2) is 5.57. The highest BCUT2D eigenvalue weighted by Gasteiger charge is 2.20. The van der Waals surface area contributed by atoms with Gasteiger partial charge >= 0.3 is 0 Å². The van der Waals surface area contributed by atoms with Crippen LogP contribution in [0.15, 0.2) is 30.3 Å². The van der Waals surface area contributed by atoms with Crippen molar-refractivity contribution in [3.05, 3.63) is 47.2 Å². The number of nitrogen functional groups attached to an aromatic ring is 1. The Morgan fingerprint density at radius 2 is 1.81 bits per heavy atom. The Bertz CT molecular complexity index is 686. The van der Waals surface area contributed by atoms with Crippen molar-refractivity contribution in [3.8, 4) is 17.2 Å². The number of anilines is 1. The van der Waals surface area contributed by atoms with Gasteiger partial charge in [-0.3, -0.25) is 0 Å². The first kappa shape index (κ1) is 15.1. The number of nitriles is 1. The number of benzene rings is 1. The first-order chi connectivity index (χ1) is 9.86. The van der Waals surface area contributed by atoms with Gasteiger partial charge in [0.1, 0.15) is 17.5 Å². The van der Waals surface area contributed by atoms with Crippen molar-refractivity contribution in [3.63, 3.8) is 0 Å². The van der Waals surface area contributed by atoms with Crippen LogP contribution >= 0.6 is 0 Å². The number of nitrogens with two attached hydrogens (primary N) is 1. The van der Waals surface area contributed by atoms with Crippen LogP contribution < -0.4 is 5.73 Å². The van der Waals surface area contributed by atoms with Gasteiger partial charge in [-0.1, -0.05) is 52.0 Å². The molecule has 0 spiro atoms. The van der Waals surface area contributed by atoms with Gasteiger partial charge in [0.15, 0.2) is 0 Å². The average molecular weight is 279 g/mol. The Balaban J connectivity index is 2.65. The van der Waals surface area contributed by atoms with Gasteiger partial charge in [-0.05, 0) is 23.6 Å². The molecule has 0 unspecified atom stereocenters. The largest absolute Gasteiger partial charge is 0.383 e. The van der Waals surface area contributed by atoms with E-state index >= 15 is 0 Å². The molecule has 0 bridgehead atoms. The SMILES string of the molecule is CCc1ccc(-c2cc(C(C)(C)C)nc(N)c2C#N)cc1. The molecule has 0 saturated heterocycles. The lowest BCUT2D eigenvalue weighted by molar-refractivity contribution is 0.570. The lowest BCUT2D eigenvalue weighted by Crippen LogP contribution is -2.15. The fourth-order valence-electron chi connectivity index (χ4n) is 2.21. The van der Waals surface area contributed by atoms with Crippen molar-refractivity contribution in [2.24, 2.45) is 0 Å². The van der Waals surface area contributed by atoms with Crippen molar-refractivity contribution >= 4 is 5.82 Å². The van der Waals surface area contributed by atoms with Gasteiger partial charge in [0, 0.05) is 16.7 Å². The van der Waals surface area contributed by atoms with Gasteiger partial charge < -0.3 is 5.73 Å². The Labute approximate surface area is 126 Å². The summed E-state index contributed by atoms with van der Waals surface area (Å²) in [4.78, 5) is 4.39. The summed E-state index contributed by atoms with van der Waals surface area (Å²) >= 11 is 0. The van der Waals surface area contributed by atoms with Crippen LogP contribution in [0, 0.1) is 11.3 Å². The Morgan fingerprint density at radius 1 is 1.19 bits per heavy atom. The Morgan fingerprint density at radius 3 is 2.29 bits per heavy atom. The van der Waals surface area contributed by atoms with E-state index < -0.39 is 0 Å². The van der Waals surface area contributed by atoms with Crippen LogP contribution in [0.5, 0.6) is 0 Å². The van der Waals surface area contributed by atoms with Crippen LogP contribution in [0.25, 0.3) is 11.1 Å². The smallest absolute Gasteiger partial charge is 0.142 e. The number of hydrogen-bond acceptors (Lipinski definition) is 3. The molecule has 3 heteroatoms. The van der Waals surface area contributed by atoms with Crippen LogP contribution in [-0.2, 0) is 11.8 Å². The lowest BCUT2D eigenvalue weighted by Gasteiger charge is -2.20. The molecule has 3 nitrogen and oxygen atoms in total. The van der Waals surface area contributed by atoms with Crippen LogP contribution in [0.2, 0.25) is 0 Å². The minimum atomic E-state index is -0.111. The second-order valence-corrected chi connectivity index (χ2v) is 6.23. The van der Waals surface area contributed by atoms with Gasteiger partial charge in [0.25, 0.3) is 0 Å². The van der Waals surface area contributed by atoms with Gasteiger partial charge in [-0.25, -0.2) is 4.98 Å². The molecule has 0 aliphatic rings. The predicted octanol–water partition coefficient (Wildman–Crippen LogP) is 4.06. The summed E-state index contributed by atoms with van der Waals surface area (Å²) in [6.07, 6.45) is 0.997. The molecular weight excluding hydrogens is 258 g/mol. The second-order valence-electron chi connectivity index (χ2n) is 6.23. The van der Waals surface area contributed by atoms with E-state index in [0.29, 0.717) is 11.4 Å². The summed E-state index contributed by atoms with van der Waals surface area (Å²) in [5.41, 5.74) is 10.4. The zero-order valence-corrected chi connectivity index (χ0v) is 13.1. The molecule has 0 amide bonds. The van der Waals surface area contributed by atoms with Crippen molar-refractivity contribution in [1.29, 1.82) is 5.26 Å². The van der Waals surface area contributed by atoms with E-state index in [0.717, 1.165) is 23.2 Å². The van der Waals surface area contributed by atoms with Crippen LogP contribution in [0.4, 0.5) is 5.82 Å². The monoisotopic (exact) mass is 279 g/mol. The molecule has 0 atom stereocenters. The number of hydrogen-bond donors (Lipinski definition) is 1. The molecule has 21 heavy (non-hydrogen) atoms. The highest BCUT2D eigenvalue weighted by molar-refractivity contribution is 5.76. The maximum atomic E-state index is 9.39. The first-order valence-corrected chi connectivity index (χ1v) is 7.17. The van der Waals surface area contributed by atoms with Gasteiger partial charge in [0.2, 0.25) is 0 Å². The third-order valence-corrected chi connectivity index (χ3v) is 3.60. The van der Waals surface area contributed by atoms with E-state index in [1.807, 2.05) is 18.2 Å². The van der Waals surface area contributed by atoms with Crippen molar-refractivity contribution in [2.75, 3.05) is 5.73 Å². The fraction of sp³-hybridized carbons (Fsp3) is 0.333. The van der Waals surface area contributed by atoms with Crippen LogP contribution in [0.3, 0.4) is 0 Å². The minimum Gasteiger partial charge on any atom is -0.383 e. The molecule has 1 aromatic heterocycles. The molecular formula is C18H21N3. The Kier molecular flexibility index (Phi) is 3.99. The molecule has 108 valence electrons. The van der Waals surface area contributed by atoms with Crippen molar-refractivity contribution in [1.82, 2.24) is 4.98 Å². The van der Waals surface area contributed by atoms with Gasteiger partial charge in [0.05, 0.1) is 0 Å². The summed E-state index contributed by atoms with van der Waals surface area (Å²) in [6, 6.07) is 12.4. The van der Waals surface area contributed by atoms with Crippen LogP contribution in [0.1, 0.15) is 44.5 Å². The first-order valence-electron chi connectivity index (χ1n) is 7.17. The van der Waals surface area contributed by atoms with Crippen molar-refractivity contribution in [2.45, 2.75) is 39.5 Å². The van der Waals surface area contributed by atoms with E-state index in [-0.39, 0.29) is 5.41 Å². The number of nitrogens with zero attached hydrogens (tertiary/aromatic N) is 2. The Hall–Kier alpha value is -2.34. The molecule has 2 rings (SSSR count). The lowest BCUT2D eigenvalue weighted by atomic mass is 9.88. The maximum absolute atomic E-state index is 9.39. The summed E-state index contributed by atoms with van der Waals surface area (Å²) in [5.74, 6) is 0.305. The fourth-order valence-corrected chi connectivity index (χ4v) is 2.21. The standard InChI is InChI=1S/C18H21N3/c1-5-12-6-8-13(9-7-12)14-10-16(18(2,3)4)21-17(20)15(14)11-19/h6-10H,5H2,1-4H3,(H2,20,21). The zero-order chi connectivity index (χ0) is 15.6. The van der Waals surface area contributed by atoms with E-state index in [2.05, 4.69) is 50.9 Å². The van der Waals surface area contributed by atoms with Gasteiger partial charge in [-0.15, -0.1) is 0 Å². The summed E-state index contributed by atoms with van der Waals surface area (Å²) in [6.45, 7) is 8.39. The third-order valence-electron chi connectivity index (χ3n) is 3.60. The van der Waals surface area contributed by atoms with Crippen LogP contribution in [-0.4, -0.2) is 4.98 Å². The van der Waals surface area contributed by atoms with Gasteiger partial charge in [-0.2, -0.15) is 5.26 Å². The highest BCUT2D eigenvalue weighted by atomic mass is 14.9. The number of aromatic nitrogens is 1. The molecule has 0 aliphatic heterocycles. The van der Waals surface area contributed by atoms with E-state index in [1.165, 1.54) is 5.56 Å². The summed E-state index contributed by atoms with van der Waals surface area (Å²) in [5, 5.41) is 9.39. The number of aryl methyl sites for hydroxylation is 1. The molecule has 1 aromatic carbocycles. The van der Waals surface area contributed by atoms with E-state index in [9.17, 15) is 5.26 Å². The molecule has 0 fully saturated rings. The quantitative estimate of drug-likeness (QED) is 0.901. The number of rotatable bonds is 2. The predicted molar refractivity (Wildman–Crippen MR) is 86.9 cm³/mol. The minimum absolute atomic E-state index is 0.111. The van der Waals surface area contributed by atoms with Crippen molar-refractivity contribution < 1.29 is 0 Å². The van der Waals surface area contributed by atoms with E-state index in [1.54, 1.807) is 0 Å². The number of pyridine rings is 1. The van der Waals surface area contributed by atoms with E-state index in [4.69, 9.17) is 5.73 Å². The maximum Gasteiger partial charge on any atom is 0.142 e. The highest BCUT2D eigenvalue weighted by Crippen LogP contribution is 2.31. The molecule has 2 N–H and O–H groups in total. The average Bonchev–Trinajstić information content (AvgIpc) is 2.45. The normalized spacial score (nSPS) is 11.2. The summed E-state index contributed by atoms with van der Waals surface area (Å²) in [7, 11) is 0. The topological polar surface area (TPSA) is 62.7 Å². The molecule has 0 saturated carbocycles. The molecule has 1 heterocycles. The third kappa shape index (κ3) is 3.05. The molecule has 0 radical (unpaired) electrons. The molecule has 2 aromatic rings.